The molecule has 3 nitrogen and oxygen atoms in total. The van der Waals surface area contributed by atoms with Crippen LogP contribution < -0.4 is 5.73 Å². The molecule has 0 rings (SSSR count). The molecule has 0 aliphatic carbocycles. The van der Waals surface area contributed by atoms with Crippen LogP contribution in [0.4, 0.5) is 0 Å². The summed E-state index contributed by atoms with van der Waals surface area (Å²) in [5, 5.41) is 0. The van der Waals surface area contributed by atoms with Gasteiger partial charge in [-0.3, -0.25) is 4.79 Å². The lowest BCUT2D eigenvalue weighted by atomic mass is 10.1. The molecule has 0 aromatic heterocycles. The molecule has 0 bridgehead atoms. The van der Waals surface area contributed by atoms with Crippen LogP contribution in [0.5, 0.6) is 0 Å². The van der Waals surface area contributed by atoms with Crippen molar-refractivity contribution >= 4 is 18.4 Å². The lowest BCUT2D eigenvalue weighted by Gasteiger charge is -2.22. The van der Waals surface area contributed by atoms with Crippen LogP contribution in [-0.4, -0.2) is 18.1 Å². The summed E-state index contributed by atoms with van der Waals surface area (Å²) >= 11 is 0. The number of hydrogen-bond acceptors (Lipinski definition) is 3. The van der Waals surface area contributed by atoms with E-state index in [1.54, 1.807) is 0 Å². The first-order valence-corrected chi connectivity index (χ1v) is 3.93. The van der Waals surface area contributed by atoms with Crippen molar-refractivity contribution in [3.63, 3.8) is 0 Å². The van der Waals surface area contributed by atoms with Crippen LogP contribution in [0.2, 0.25) is 0 Å². The van der Waals surface area contributed by atoms with Crippen molar-refractivity contribution in [2.24, 2.45) is 5.73 Å². The summed E-state index contributed by atoms with van der Waals surface area (Å²) in [6.07, 6.45) is 1.13. The molecule has 0 aromatic carbocycles. The third-order valence-corrected chi connectivity index (χ3v) is 1.59. The quantitative estimate of drug-likeness (QED) is 0.692. The van der Waals surface area contributed by atoms with E-state index in [-0.39, 0.29) is 24.0 Å². The summed E-state index contributed by atoms with van der Waals surface area (Å²) in [5.74, 6) is -0.209. The van der Waals surface area contributed by atoms with Crippen molar-refractivity contribution in [2.45, 2.75) is 39.2 Å². The fourth-order valence-corrected chi connectivity index (χ4v) is 0.549. The SMILES string of the molecule is CCC(C)(C)OC(=O)CCN.Cl. The van der Waals surface area contributed by atoms with E-state index in [1.807, 2.05) is 20.8 Å². The number of hydrogen-bond donors (Lipinski definition) is 1. The molecular formula is C8H18ClNO2. The van der Waals surface area contributed by atoms with Gasteiger partial charge in [0.15, 0.2) is 0 Å². The molecule has 0 atom stereocenters. The predicted molar refractivity (Wildman–Crippen MR) is 51.4 cm³/mol. The number of esters is 1. The van der Waals surface area contributed by atoms with Crippen molar-refractivity contribution in [3.05, 3.63) is 0 Å². The van der Waals surface area contributed by atoms with Crippen molar-refractivity contribution in [3.8, 4) is 0 Å². The van der Waals surface area contributed by atoms with Crippen LogP contribution in [-0.2, 0) is 9.53 Å². The largest absolute Gasteiger partial charge is 0.460 e. The molecule has 0 unspecified atom stereocenters. The zero-order valence-electron chi connectivity index (χ0n) is 7.92. The summed E-state index contributed by atoms with van der Waals surface area (Å²) in [7, 11) is 0. The molecule has 4 heteroatoms. The Morgan fingerprint density at radius 3 is 2.33 bits per heavy atom. The normalized spacial score (nSPS) is 10.3. The Morgan fingerprint density at radius 2 is 2.00 bits per heavy atom. The molecule has 0 fully saturated rings. The van der Waals surface area contributed by atoms with Crippen LogP contribution >= 0.6 is 12.4 Å². The van der Waals surface area contributed by atoms with Crippen LogP contribution in [0.3, 0.4) is 0 Å². The molecule has 0 amide bonds. The standard InChI is InChI=1S/C8H17NO2.ClH/c1-4-8(2,3)11-7(10)5-6-9;/h4-6,9H2,1-3H3;1H. The van der Waals surface area contributed by atoms with E-state index in [2.05, 4.69) is 0 Å². The number of nitrogens with two attached hydrogens (primary N) is 1. The van der Waals surface area contributed by atoms with Crippen molar-refractivity contribution in [2.75, 3.05) is 6.54 Å². The molecule has 0 spiro atoms. The first-order chi connectivity index (χ1) is 5.02. The van der Waals surface area contributed by atoms with Gasteiger partial charge in [-0.15, -0.1) is 12.4 Å². The highest BCUT2D eigenvalue weighted by molar-refractivity contribution is 5.85. The van der Waals surface area contributed by atoms with E-state index in [1.165, 1.54) is 0 Å². The van der Waals surface area contributed by atoms with Crippen LogP contribution in [0.1, 0.15) is 33.6 Å². The fourth-order valence-electron chi connectivity index (χ4n) is 0.549. The van der Waals surface area contributed by atoms with Gasteiger partial charge in [0.05, 0.1) is 6.42 Å². The Kier molecular flexibility index (Phi) is 7.44. The minimum Gasteiger partial charge on any atom is -0.460 e. The maximum atomic E-state index is 10.9. The van der Waals surface area contributed by atoms with E-state index in [9.17, 15) is 4.79 Å². The summed E-state index contributed by atoms with van der Waals surface area (Å²) in [6.45, 7) is 6.12. The number of rotatable bonds is 4. The highest BCUT2D eigenvalue weighted by Crippen LogP contribution is 2.13. The van der Waals surface area contributed by atoms with E-state index in [0.29, 0.717) is 13.0 Å². The number of carbonyl (C=O) groups excluding carboxylic acids is 1. The van der Waals surface area contributed by atoms with Gasteiger partial charge in [-0.1, -0.05) is 6.92 Å². The minimum atomic E-state index is -0.341. The van der Waals surface area contributed by atoms with Crippen LogP contribution in [0, 0.1) is 0 Å². The third-order valence-electron chi connectivity index (χ3n) is 1.59. The first kappa shape index (κ1) is 14.3. The smallest absolute Gasteiger partial charge is 0.307 e. The Labute approximate surface area is 80.1 Å². The van der Waals surface area contributed by atoms with Gasteiger partial charge in [0.1, 0.15) is 5.60 Å². The van der Waals surface area contributed by atoms with Gasteiger partial charge in [-0.25, -0.2) is 0 Å². The summed E-state index contributed by atoms with van der Waals surface area (Å²) in [5.41, 5.74) is 4.85. The molecule has 0 saturated heterocycles. The predicted octanol–water partition coefficient (Wildman–Crippen LogP) is 1.49. The first-order valence-electron chi connectivity index (χ1n) is 3.93. The molecule has 74 valence electrons. The zero-order chi connectivity index (χ0) is 8.91. The van der Waals surface area contributed by atoms with Gasteiger partial charge in [0, 0.05) is 6.54 Å². The maximum Gasteiger partial charge on any atom is 0.307 e. The molecule has 0 saturated carbocycles. The monoisotopic (exact) mass is 195 g/mol. The number of carbonyl (C=O) groups is 1. The average Bonchev–Trinajstić information content (AvgIpc) is 1.87. The molecule has 0 aliphatic rings. The summed E-state index contributed by atoms with van der Waals surface area (Å²) in [6, 6.07) is 0. The zero-order valence-corrected chi connectivity index (χ0v) is 8.74. The molecule has 0 aliphatic heterocycles. The van der Waals surface area contributed by atoms with Crippen molar-refractivity contribution in [1.29, 1.82) is 0 Å². The highest BCUT2D eigenvalue weighted by atomic mass is 35.5. The average molecular weight is 196 g/mol. The fraction of sp³-hybridized carbons (Fsp3) is 0.875. The summed E-state index contributed by atoms with van der Waals surface area (Å²) in [4.78, 5) is 10.9. The van der Waals surface area contributed by atoms with Crippen LogP contribution in [0.25, 0.3) is 0 Å². The third kappa shape index (κ3) is 6.43. The van der Waals surface area contributed by atoms with Gasteiger partial charge in [0.2, 0.25) is 0 Å². The Morgan fingerprint density at radius 1 is 1.50 bits per heavy atom. The minimum absolute atomic E-state index is 0. The number of ether oxygens (including phenoxy) is 1. The van der Waals surface area contributed by atoms with Gasteiger partial charge in [-0.05, 0) is 20.3 Å². The van der Waals surface area contributed by atoms with Crippen LogP contribution in [0.15, 0.2) is 0 Å². The van der Waals surface area contributed by atoms with E-state index >= 15 is 0 Å². The van der Waals surface area contributed by atoms with E-state index in [0.717, 1.165) is 6.42 Å². The van der Waals surface area contributed by atoms with E-state index in [4.69, 9.17) is 10.5 Å². The topological polar surface area (TPSA) is 52.3 Å². The van der Waals surface area contributed by atoms with Gasteiger partial charge in [-0.2, -0.15) is 0 Å². The van der Waals surface area contributed by atoms with Gasteiger partial charge >= 0.3 is 5.97 Å². The van der Waals surface area contributed by atoms with Gasteiger partial charge < -0.3 is 10.5 Å². The second kappa shape index (κ2) is 6.26. The van der Waals surface area contributed by atoms with E-state index < -0.39 is 0 Å². The van der Waals surface area contributed by atoms with Crippen molar-refractivity contribution < 1.29 is 9.53 Å². The molecule has 0 aromatic rings. The lowest BCUT2D eigenvalue weighted by molar-refractivity contribution is -0.156. The Bertz CT molecular complexity index is 137. The number of halogens is 1. The maximum absolute atomic E-state index is 10.9. The van der Waals surface area contributed by atoms with Crippen molar-refractivity contribution in [1.82, 2.24) is 0 Å². The second-order valence-electron chi connectivity index (χ2n) is 3.13. The molecule has 0 radical (unpaired) electrons. The Balaban J connectivity index is 0. The molecule has 12 heavy (non-hydrogen) atoms. The summed E-state index contributed by atoms with van der Waals surface area (Å²) < 4.78 is 5.11. The van der Waals surface area contributed by atoms with Gasteiger partial charge in [0.25, 0.3) is 0 Å². The lowest BCUT2D eigenvalue weighted by Crippen LogP contribution is -2.27. The molecule has 0 heterocycles. The molecular weight excluding hydrogens is 178 g/mol. The molecule has 2 N–H and O–H groups in total. The second-order valence-corrected chi connectivity index (χ2v) is 3.13. The highest BCUT2D eigenvalue weighted by Gasteiger charge is 2.19. The Hall–Kier alpha value is -0.280.